The van der Waals surface area contributed by atoms with Crippen LogP contribution in [0.1, 0.15) is 129 Å². The zero-order chi connectivity index (χ0) is 14.7. The van der Waals surface area contributed by atoms with Gasteiger partial charge in [0.2, 0.25) is 0 Å². The second-order valence-electron chi connectivity index (χ2n) is 6.66. The van der Waals surface area contributed by atoms with Crippen LogP contribution < -0.4 is 0 Å². The Kier molecular flexibility index (Phi) is 26.4. The zero-order valence-electron chi connectivity index (χ0n) is 15.2. The van der Waals surface area contributed by atoms with E-state index in [0.717, 1.165) is 0 Å². The third-order valence-electron chi connectivity index (χ3n) is 4.46. The first-order chi connectivity index (χ1) is 9.91. The predicted molar refractivity (Wildman–Crippen MR) is 100 cm³/mol. The van der Waals surface area contributed by atoms with Gasteiger partial charge in [0.05, 0.1) is 0 Å². The zero-order valence-corrected chi connectivity index (χ0v) is 18.1. The maximum atomic E-state index is 2.30. The van der Waals surface area contributed by atoms with E-state index in [2.05, 4.69) is 13.8 Å². The van der Waals surface area contributed by atoms with Gasteiger partial charge in [0.1, 0.15) is 0 Å². The molecule has 0 saturated heterocycles. The van der Waals surface area contributed by atoms with E-state index in [1.54, 1.807) is 0 Å². The van der Waals surface area contributed by atoms with E-state index in [4.69, 9.17) is 0 Å². The normalized spacial score (nSPS) is 10.6. The molecule has 0 rings (SSSR count). The Labute approximate surface area is 153 Å². The Balaban J connectivity index is 0. The molecule has 0 saturated carbocycles. The number of hydrogen-bond acceptors (Lipinski definition) is 0. The molecule has 0 aromatic rings. The van der Waals surface area contributed by atoms with Gasteiger partial charge in [-0.3, -0.25) is 0 Å². The maximum absolute atomic E-state index is 2.30. The molecule has 0 atom stereocenters. The van der Waals surface area contributed by atoms with Gasteiger partial charge < -0.3 is 0 Å². The van der Waals surface area contributed by atoms with Crippen LogP contribution in [0.25, 0.3) is 0 Å². The van der Waals surface area contributed by atoms with E-state index in [1.165, 1.54) is 116 Å². The topological polar surface area (TPSA) is 0 Å². The van der Waals surface area contributed by atoms with Gasteiger partial charge in [0.15, 0.2) is 0 Å². The molecule has 0 aliphatic carbocycles. The van der Waals surface area contributed by atoms with E-state index in [-0.39, 0.29) is 23.9 Å². The number of unbranched alkanes of at least 4 members (excludes halogenated alkanes) is 17. The van der Waals surface area contributed by atoms with Crippen LogP contribution in [0.15, 0.2) is 0 Å². The molecule has 0 nitrogen and oxygen atoms in total. The van der Waals surface area contributed by atoms with Crippen LogP contribution in [0.4, 0.5) is 0 Å². The van der Waals surface area contributed by atoms with E-state index >= 15 is 0 Å². The first-order valence-corrected chi connectivity index (χ1v) is 9.91. The molecule has 0 N–H and O–H groups in total. The van der Waals surface area contributed by atoms with Crippen molar-refractivity contribution in [3.05, 3.63) is 0 Å². The standard InChI is InChI=1S/C20H42.Sn/c1-3-5-7-9-11-13-15-17-19-20-18-16-14-12-10-8-6-4-2;/h3-20H2,1-2H3;. The Hall–Kier alpha value is 0.799. The molecule has 21 heavy (non-hydrogen) atoms. The summed E-state index contributed by atoms with van der Waals surface area (Å²) in [5.41, 5.74) is 0. The van der Waals surface area contributed by atoms with Gasteiger partial charge >= 0.3 is 0 Å². The Morgan fingerprint density at radius 1 is 0.286 bits per heavy atom. The minimum absolute atomic E-state index is 0. The summed E-state index contributed by atoms with van der Waals surface area (Å²) >= 11 is 0. The molecular weight excluding hydrogens is 359 g/mol. The number of rotatable bonds is 17. The van der Waals surface area contributed by atoms with Crippen molar-refractivity contribution in [2.45, 2.75) is 129 Å². The SMILES string of the molecule is CCCCCCCCCCCCCCCCCCCC.[Sn]. The summed E-state index contributed by atoms with van der Waals surface area (Å²) in [4.78, 5) is 0. The van der Waals surface area contributed by atoms with Gasteiger partial charge in [-0.1, -0.05) is 129 Å². The molecule has 4 radical (unpaired) electrons. The van der Waals surface area contributed by atoms with Crippen LogP contribution in [-0.2, 0) is 0 Å². The van der Waals surface area contributed by atoms with Gasteiger partial charge in [0.25, 0.3) is 0 Å². The van der Waals surface area contributed by atoms with Gasteiger partial charge in [-0.05, 0) is 0 Å². The molecule has 0 aromatic carbocycles. The summed E-state index contributed by atoms with van der Waals surface area (Å²) in [6.45, 7) is 4.59. The van der Waals surface area contributed by atoms with Gasteiger partial charge in [-0.15, -0.1) is 0 Å². The average Bonchev–Trinajstić information content (AvgIpc) is 2.47. The van der Waals surface area contributed by atoms with Crippen molar-refractivity contribution in [3.8, 4) is 0 Å². The first-order valence-electron chi connectivity index (χ1n) is 9.91. The molecule has 0 aliphatic heterocycles. The van der Waals surface area contributed by atoms with Crippen molar-refractivity contribution >= 4 is 23.9 Å². The Morgan fingerprint density at radius 2 is 0.429 bits per heavy atom. The molecule has 126 valence electrons. The van der Waals surface area contributed by atoms with Crippen LogP contribution in [0.2, 0.25) is 0 Å². The van der Waals surface area contributed by atoms with Crippen molar-refractivity contribution in [1.29, 1.82) is 0 Å². The van der Waals surface area contributed by atoms with Crippen LogP contribution in [-0.4, -0.2) is 23.9 Å². The van der Waals surface area contributed by atoms with Crippen molar-refractivity contribution in [3.63, 3.8) is 0 Å². The van der Waals surface area contributed by atoms with Crippen molar-refractivity contribution in [2.75, 3.05) is 0 Å². The predicted octanol–water partition coefficient (Wildman–Crippen LogP) is 7.67. The first kappa shape index (κ1) is 24.1. The Morgan fingerprint density at radius 3 is 0.571 bits per heavy atom. The molecule has 0 fully saturated rings. The summed E-state index contributed by atoms with van der Waals surface area (Å²) in [5.74, 6) is 0. The van der Waals surface area contributed by atoms with Crippen LogP contribution in [0.5, 0.6) is 0 Å². The molecule has 0 spiro atoms. The van der Waals surface area contributed by atoms with Crippen molar-refractivity contribution in [2.24, 2.45) is 0 Å². The largest absolute Gasteiger partial charge is 0.0654 e. The van der Waals surface area contributed by atoms with Crippen LogP contribution in [0.3, 0.4) is 0 Å². The maximum Gasteiger partial charge on any atom is 0 e. The van der Waals surface area contributed by atoms with E-state index in [0.29, 0.717) is 0 Å². The molecule has 0 heterocycles. The quantitative estimate of drug-likeness (QED) is 0.173. The third-order valence-corrected chi connectivity index (χ3v) is 4.46. The average molecular weight is 401 g/mol. The van der Waals surface area contributed by atoms with E-state index in [9.17, 15) is 0 Å². The third kappa shape index (κ3) is 23.2. The molecule has 0 amide bonds. The fraction of sp³-hybridized carbons (Fsp3) is 1.00. The fourth-order valence-electron chi connectivity index (χ4n) is 2.97. The second-order valence-corrected chi connectivity index (χ2v) is 6.66. The van der Waals surface area contributed by atoms with Crippen molar-refractivity contribution in [1.82, 2.24) is 0 Å². The summed E-state index contributed by atoms with van der Waals surface area (Å²) in [6.07, 6.45) is 26.4. The molecule has 1 heteroatoms. The van der Waals surface area contributed by atoms with E-state index in [1.807, 2.05) is 0 Å². The summed E-state index contributed by atoms with van der Waals surface area (Å²) < 4.78 is 0. The van der Waals surface area contributed by atoms with Crippen LogP contribution in [0, 0.1) is 0 Å². The summed E-state index contributed by atoms with van der Waals surface area (Å²) in [7, 11) is 0. The van der Waals surface area contributed by atoms with Gasteiger partial charge in [-0.2, -0.15) is 0 Å². The van der Waals surface area contributed by atoms with Gasteiger partial charge in [0, 0.05) is 23.9 Å². The summed E-state index contributed by atoms with van der Waals surface area (Å²) in [6, 6.07) is 0. The smallest absolute Gasteiger partial charge is 0 e. The van der Waals surface area contributed by atoms with Gasteiger partial charge in [-0.25, -0.2) is 0 Å². The van der Waals surface area contributed by atoms with Crippen LogP contribution >= 0.6 is 0 Å². The molecule has 0 bridgehead atoms. The van der Waals surface area contributed by atoms with E-state index < -0.39 is 0 Å². The number of hydrogen-bond donors (Lipinski definition) is 0. The fourth-order valence-corrected chi connectivity index (χ4v) is 2.97. The van der Waals surface area contributed by atoms with Crippen molar-refractivity contribution < 1.29 is 0 Å². The monoisotopic (exact) mass is 402 g/mol. The minimum atomic E-state index is 0. The molecule has 0 unspecified atom stereocenters. The molecular formula is C20H42Sn. The second kappa shape index (κ2) is 23.1. The Bertz CT molecular complexity index is 138. The molecule has 0 aliphatic rings. The summed E-state index contributed by atoms with van der Waals surface area (Å²) in [5, 5.41) is 0. The molecule has 0 aromatic heterocycles. The minimum Gasteiger partial charge on any atom is -0.0654 e.